The van der Waals surface area contributed by atoms with Gasteiger partial charge in [0.1, 0.15) is 5.82 Å². The minimum atomic E-state index is -0.228. The van der Waals surface area contributed by atoms with Gasteiger partial charge < -0.3 is 14.6 Å². The number of aryl methyl sites for hydroxylation is 1. The molecule has 110 valence electrons. The Morgan fingerprint density at radius 2 is 2.05 bits per heavy atom. The number of hydrogen-bond acceptors (Lipinski definition) is 3. The van der Waals surface area contributed by atoms with Crippen molar-refractivity contribution in [1.82, 2.24) is 14.9 Å². The minimum absolute atomic E-state index is 0.228. The number of rotatable bonds is 6. The molecule has 1 aromatic carbocycles. The maximum atomic E-state index is 5.64. The van der Waals surface area contributed by atoms with Gasteiger partial charge in [-0.3, -0.25) is 0 Å². The van der Waals surface area contributed by atoms with Crippen molar-refractivity contribution in [3.63, 3.8) is 0 Å². The molecule has 0 aliphatic carbocycles. The Morgan fingerprint density at radius 3 is 2.65 bits per heavy atom. The number of ether oxygens (including phenoxy) is 1. The topological polar surface area (TPSA) is 39.1 Å². The molecule has 4 nitrogen and oxygen atoms in total. The van der Waals surface area contributed by atoms with Crippen LogP contribution in [-0.4, -0.2) is 34.8 Å². The number of para-hydroxylation sites is 2. The van der Waals surface area contributed by atoms with Gasteiger partial charge in [-0.15, -0.1) is 0 Å². The first-order valence-electron chi connectivity index (χ1n) is 7.18. The Hall–Kier alpha value is -1.39. The molecule has 0 saturated carbocycles. The molecule has 0 aliphatic heterocycles. The van der Waals surface area contributed by atoms with Crippen LogP contribution >= 0.6 is 0 Å². The summed E-state index contributed by atoms with van der Waals surface area (Å²) in [6, 6.07) is 8.47. The normalized spacial score (nSPS) is 13.8. The lowest BCUT2D eigenvalue weighted by Gasteiger charge is -2.33. The second-order valence-corrected chi connectivity index (χ2v) is 5.70. The van der Waals surface area contributed by atoms with E-state index >= 15 is 0 Å². The summed E-state index contributed by atoms with van der Waals surface area (Å²) in [4.78, 5) is 4.75. The van der Waals surface area contributed by atoms with Crippen molar-refractivity contribution in [2.45, 2.75) is 38.8 Å². The van der Waals surface area contributed by atoms with Gasteiger partial charge in [0, 0.05) is 26.6 Å². The van der Waals surface area contributed by atoms with Gasteiger partial charge in [-0.05, 0) is 32.5 Å². The molecular formula is C16H25N3O. The number of benzene rings is 1. The number of fused-ring (bicyclic) bond motifs is 1. The number of aromatic nitrogens is 2. The predicted octanol–water partition coefficient (Wildman–Crippen LogP) is 2.52. The zero-order valence-electron chi connectivity index (χ0n) is 13.1. The third kappa shape index (κ3) is 2.86. The van der Waals surface area contributed by atoms with Gasteiger partial charge in [-0.25, -0.2) is 4.98 Å². The zero-order valence-corrected chi connectivity index (χ0v) is 13.1. The van der Waals surface area contributed by atoms with Crippen molar-refractivity contribution < 1.29 is 4.74 Å². The molecule has 0 aliphatic rings. The van der Waals surface area contributed by atoms with Crippen molar-refractivity contribution >= 4 is 11.0 Å². The SMILES string of the molecule is CCNC(Cc1nc2ccccc2n1C)C(C)(C)OC. The molecule has 0 bridgehead atoms. The fourth-order valence-corrected chi connectivity index (χ4v) is 2.51. The quantitative estimate of drug-likeness (QED) is 0.880. The van der Waals surface area contributed by atoms with E-state index in [9.17, 15) is 0 Å². The van der Waals surface area contributed by atoms with E-state index in [1.54, 1.807) is 7.11 Å². The third-order valence-corrected chi connectivity index (χ3v) is 4.08. The lowest BCUT2D eigenvalue weighted by molar-refractivity contribution is -0.0102. The van der Waals surface area contributed by atoms with Crippen LogP contribution in [0.25, 0.3) is 11.0 Å². The Kier molecular flexibility index (Phi) is 4.45. The fourth-order valence-electron chi connectivity index (χ4n) is 2.51. The van der Waals surface area contributed by atoms with Crippen LogP contribution in [0.4, 0.5) is 0 Å². The standard InChI is InChI=1S/C16H25N3O/c1-6-17-14(16(2,3)20-5)11-15-18-12-9-7-8-10-13(12)19(15)4/h7-10,14,17H,6,11H2,1-5H3. The van der Waals surface area contributed by atoms with Gasteiger partial charge in [0.2, 0.25) is 0 Å². The first-order valence-corrected chi connectivity index (χ1v) is 7.18. The second kappa shape index (κ2) is 5.94. The van der Waals surface area contributed by atoms with Crippen molar-refractivity contribution in [3.05, 3.63) is 30.1 Å². The Balaban J connectivity index is 2.31. The van der Waals surface area contributed by atoms with Crippen LogP contribution in [0.3, 0.4) is 0 Å². The number of likely N-dealkylation sites (N-methyl/N-ethyl adjacent to an activating group) is 1. The van der Waals surface area contributed by atoms with Crippen molar-refractivity contribution in [1.29, 1.82) is 0 Å². The molecule has 4 heteroatoms. The summed E-state index contributed by atoms with van der Waals surface area (Å²) in [7, 11) is 3.84. The van der Waals surface area contributed by atoms with E-state index in [1.165, 1.54) is 5.52 Å². The summed E-state index contributed by atoms with van der Waals surface area (Å²) >= 11 is 0. The highest BCUT2D eigenvalue weighted by atomic mass is 16.5. The van der Waals surface area contributed by atoms with E-state index < -0.39 is 0 Å². The largest absolute Gasteiger partial charge is 0.377 e. The first-order chi connectivity index (χ1) is 9.49. The Labute approximate surface area is 121 Å². The van der Waals surface area contributed by atoms with Crippen LogP contribution < -0.4 is 5.32 Å². The van der Waals surface area contributed by atoms with Gasteiger partial charge >= 0.3 is 0 Å². The first kappa shape index (κ1) is 15.0. The molecular weight excluding hydrogens is 250 g/mol. The summed E-state index contributed by atoms with van der Waals surface area (Å²) < 4.78 is 7.81. The van der Waals surface area contributed by atoms with Crippen LogP contribution in [0.1, 0.15) is 26.6 Å². The van der Waals surface area contributed by atoms with Crippen molar-refractivity contribution in [3.8, 4) is 0 Å². The van der Waals surface area contributed by atoms with E-state index in [1.807, 2.05) is 6.07 Å². The fraction of sp³-hybridized carbons (Fsp3) is 0.562. The third-order valence-electron chi connectivity index (χ3n) is 4.08. The van der Waals surface area contributed by atoms with Crippen LogP contribution in [-0.2, 0) is 18.2 Å². The lowest BCUT2D eigenvalue weighted by Crippen LogP contribution is -2.49. The number of imidazole rings is 1. The highest BCUT2D eigenvalue weighted by molar-refractivity contribution is 5.75. The zero-order chi connectivity index (χ0) is 14.8. The maximum Gasteiger partial charge on any atom is 0.111 e. The number of nitrogens with one attached hydrogen (secondary N) is 1. The maximum absolute atomic E-state index is 5.64. The predicted molar refractivity (Wildman–Crippen MR) is 83.0 cm³/mol. The van der Waals surface area contributed by atoms with Crippen LogP contribution in [0.2, 0.25) is 0 Å². The van der Waals surface area contributed by atoms with Gasteiger partial charge in [0.15, 0.2) is 0 Å². The summed E-state index contributed by atoms with van der Waals surface area (Å²) in [6.45, 7) is 7.26. The van der Waals surface area contributed by atoms with Gasteiger partial charge in [0.25, 0.3) is 0 Å². The van der Waals surface area contributed by atoms with Crippen LogP contribution in [0.5, 0.6) is 0 Å². The van der Waals surface area contributed by atoms with Gasteiger partial charge in [-0.2, -0.15) is 0 Å². The molecule has 1 heterocycles. The van der Waals surface area contributed by atoms with E-state index in [0.717, 1.165) is 24.3 Å². The summed E-state index contributed by atoms with van der Waals surface area (Å²) in [5.74, 6) is 1.09. The van der Waals surface area contributed by atoms with Gasteiger partial charge in [0.05, 0.1) is 16.6 Å². The molecule has 1 aromatic heterocycles. The average molecular weight is 275 g/mol. The molecule has 0 radical (unpaired) electrons. The Bertz CT molecular complexity index is 574. The molecule has 2 rings (SSSR count). The van der Waals surface area contributed by atoms with E-state index in [4.69, 9.17) is 9.72 Å². The molecule has 2 aromatic rings. The monoisotopic (exact) mass is 275 g/mol. The molecule has 1 unspecified atom stereocenters. The van der Waals surface area contributed by atoms with E-state index in [-0.39, 0.29) is 11.6 Å². The number of nitrogens with zero attached hydrogens (tertiary/aromatic N) is 2. The number of methoxy groups -OCH3 is 1. The summed E-state index contributed by atoms with van der Waals surface area (Å²) in [5.41, 5.74) is 2.00. The highest BCUT2D eigenvalue weighted by Crippen LogP contribution is 2.20. The van der Waals surface area contributed by atoms with E-state index in [2.05, 4.69) is 55.9 Å². The van der Waals surface area contributed by atoms with Crippen LogP contribution in [0, 0.1) is 0 Å². The molecule has 0 saturated heterocycles. The van der Waals surface area contributed by atoms with Crippen LogP contribution in [0.15, 0.2) is 24.3 Å². The van der Waals surface area contributed by atoms with Crippen molar-refractivity contribution in [2.24, 2.45) is 7.05 Å². The number of hydrogen-bond donors (Lipinski definition) is 1. The summed E-state index contributed by atoms with van der Waals surface area (Å²) in [5, 5.41) is 3.52. The molecule has 0 fully saturated rings. The second-order valence-electron chi connectivity index (χ2n) is 5.70. The molecule has 0 spiro atoms. The Morgan fingerprint density at radius 1 is 1.35 bits per heavy atom. The smallest absolute Gasteiger partial charge is 0.111 e. The summed E-state index contributed by atoms with van der Waals surface area (Å²) in [6.07, 6.45) is 0.847. The molecule has 1 N–H and O–H groups in total. The average Bonchev–Trinajstić information content (AvgIpc) is 2.75. The molecule has 0 amide bonds. The highest BCUT2D eigenvalue weighted by Gasteiger charge is 2.30. The molecule has 20 heavy (non-hydrogen) atoms. The minimum Gasteiger partial charge on any atom is -0.377 e. The molecule has 1 atom stereocenters. The lowest BCUT2D eigenvalue weighted by atomic mass is 9.95. The van der Waals surface area contributed by atoms with Crippen molar-refractivity contribution in [2.75, 3.05) is 13.7 Å². The van der Waals surface area contributed by atoms with Gasteiger partial charge in [-0.1, -0.05) is 19.1 Å². The van der Waals surface area contributed by atoms with E-state index in [0.29, 0.717) is 0 Å².